The molecule has 118 valence electrons. The number of hydrogen-bond donors (Lipinski definition) is 4. The SMILES string of the molecule is O=c1[nH]c(=O)n(C2CC(O)C(CO)C2O)cc1C(F)(F)F. The second-order valence-corrected chi connectivity index (χ2v) is 4.91. The van der Waals surface area contributed by atoms with E-state index in [0.717, 1.165) is 0 Å². The Hall–Kier alpha value is -1.65. The molecule has 1 fully saturated rings. The summed E-state index contributed by atoms with van der Waals surface area (Å²) < 4.78 is 38.6. The van der Waals surface area contributed by atoms with E-state index in [-0.39, 0.29) is 6.42 Å². The predicted octanol–water partition coefficient (Wildman–Crippen LogP) is -1.17. The number of rotatable bonds is 2. The van der Waals surface area contributed by atoms with Gasteiger partial charge in [-0.05, 0) is 6.42 Å². The van der Waals surface area contributed by atoms with Crippen LogP contribution in [0.25, 0.3) is 0 Å². The van der Waals surface area contributed by atoms with E-state index in [1.165, 1.54) is 4.98 Å². The molecule has 1 aromatic rings. The van der Waals surface area contributed by atoms with E-state index in [1.807, 2.05) is 0 Å². The quantitative estimate of drug-likeness (QED) is 0.549. The molecule has 0 aliphatic heterocycles. The molecule has 1 aliphatic rings. The number of aliphatic hydroxyl groups is 3. The first-order valence-corrected chi connectivity index (χ1v) is 6.06. The first-order chi connectivity index (χ1) is 9.66. The fraction of sp³-hybridized carbons (Fsp3) is 0.636. The third-order valence-electron chi connectivity index (χ3n) is 3.65. The van der Waals surface area contributed by atoms with Crippen LogP contribution in [0.15, 0.2) is 15.8 Å². The zero-order chi connectivity index (χ0) is 15.9. The Bertz CT molecular complexity index is 638. The highest BCUT2D eigenvalue weighted by atomic mass is 19.4. The van der Waals surface area contributed by atoms with Crippen LogP contribution >= 0.6 is 0 Å². The van der Waals surface area contributed by atoms with Crippen LogP contribution < -0.4 is 11.2 Å². The molecule has 1 aromatic heterocycles. The maximum absolute atomic E-state index is 12.7. The number of H-pyrrole nitrogens is 1. The van der Waals surface area contributed by atoms with Gasteiger partial charge >= 0.3 is 11.9 Å². The van der Waals surface area contributed by atoms with Crippen molar-refractivity contribution in [3.05, 3.63) is 32.6 Å². The average molecular weight is 310 g/mol. The monoisotopic (exact) mass is 310 g/mol. The minimum absolute atomic E-state index is 0.213. The van der Waals surface area contributed by atoms with Crippen LogP contribution in [0.2, 0.25) is 0 Å². The largest absolute Gasteiger partial charge is 0.423 e. The molecule has 0 saturated heterocycles. The highest BCUT2D eigenvalue weighted by Gasteiger charge is 2.43. The number of aromatic nitrogens is 2. The second kappa shape index (κ2) is 5.28. The van der Waals surface area contributed by atoms with Gasteiger partial charge in [0.05, 0.1) is 24.9 Å². The van der Waals surface area contributed by atoms with Crippen molar-refractivity contribution in [1.29, 1.82) is 0 Å². The molecule has 7 nitrogen and oxygen atoms in total. The normalized spacial score (nSPS) is 29.8. The first-order valence-electron chi connectivity index (χ1n) is 6.06. The maximum atomic E-state index is 12.7. The number of alkyl halides is 3. The summed E-state index contributed by atoms with van der Waals surface area (Å²) in [6.07, 6.45) is -7.42. The van der Waals surface area contributed by atoms with Gasteiger partial charge in [-0.2, -0.15) is 13.2 Å². The smallest absolute Gasteiger partial charge is 0.396 e. The topological polar surface area (TPSA) is 116 Å². The van der Waals surface area contributed by atoms with Crippen molar-refractivity contribution in [2.75, 3.05) is 6.61 Å². The summed E-state index contributed by atoms with van der Waals surface area (Å²) in [4.78, 5) is 24.4. The van der Waals surface area contributed by atoms with E-state index < -0.39 is 53.8 Å². The molecule has 4 unspecified atom stereocenters. The van der Waals surface area contributed by atoms with E-state index >= 15 is 0 Å². The van der Waals surface area contributed by atoms with Crippen molar-refractivity contribution < 1.29 is 28.5 Å². The Labute approximate surface area is 115 Å². The molecule has 4 N–H and O–H groups in total. The third kappa shape index (κ3) is 2.74. The number of halogens is 3. The van der Waals surface area contributed by atoms with E-state index in [2.05, 4.69) is 0 Å². The molecule has 1 heterocycles. The van der Waals surface area contributed by atoms with Gasteiger partial charge in [-0.15, -0.1) is 0 Å². The van der Waals surface area contributed by atoms with Gasteiger partial charge in [0.2, 0.25) is 0 Å². The van der Waals surface area contributed by atoms with Gasteiger partial charge in [0.25, 0.3) is 5.56 Å². The molecule has 1 saturated carbocycles. The number of aromatic amines is 1. The summed E-state index contributed by atoms with van der Waals surface area (Å²) in [5, 5.41) is 28.6. The Kier molecular flexibility index (Phi) is 3.95. The number of nitrogens with zero attached hydrogens (tertiary/aromatic N) is 1. The maximum Gasteiger partial charge on any atom is 0.423 e. The fourth-order valence-corrected chi connectivity index (χ4v) is 2.52. The van der Waals surface area contributed by atoms with E-state index in [0.29, 0.717) is 10.8 Å². The van der Waals surface area contributed by atoms with Crippen LogP contribution in [0.1, 0.15) is 18.0 Å². The van der Waals surface area contributed by atoms with Gasteiger partial charge in [-0.1, -0.05) is 0 Å². The molecule has 0 amide bonds. The lowest BCUT2D eigenvalue weighted by Crippen LogP contribution is -2.39. The summed E-state index contributed by atoms with van der Waals surface area (Å²) in [5.74, 6) is -0.969. The summed E-state index contributed by atoms with van der Waals surface area (Å²) in [5.41, 5.74) is -4.27. The van der Waals surface area contributed by atoms with Gasteiger partial charge in [0, 0.05) is 12.1 Å². The Balaban J connectivity index is 2.51. The number of aliphatic hydroxyl groups excluding tert-OH is 3. The molecular weight excluding hydrogens is 297 g/mol. The first kappa shape index (κ1) is 15.7. The molecule has 0 spiro atoms. The average Bonchev–Trinajstić information content (AvgIpc) is 2.62. The van der Waals surface area contributed by atoms with Crippen molar-refractivity contribution in [2.24, 2.45) is 5.92 Å². The lowest BCUT2D eigenvalue weighted by Gasteiger charge is -2.20. The Morgan fingerprint density at radius 2 is 1.95 bits per heavy atom. The van der Waals surface area contributed by atoms with Gasteiger partial charge < -0.3 is 15.3 Å². The predicted molar refractivity (Wildman–Crippen MR) is 62.6 cm³/mol. The van der Waals surface area contributed by atoms with Crippen LogP contribution in [0, 0.1) is 5.92 Å². The lowest BCUT2D eigenvalue weighted by atomic mass is 10.0. The lowest BCUT2D eigenvalue weighted by molar-refractivity contribution is -0.139. The van der Waals surface area contributed by atoms with Gasteiger partial charge in [0.15, 0.2) is 0 Å². The fourth-order valence-electron chi connectivity index (χ4n) is 2.52. The zero-order valence-electron chi connectivity index (χ0n) is 10.5. The molecular formula is C11H13F3N2O5. The Morgan fingerprint density at radius 1 is 1.33 bits per heavy atom. The summed E-state index contributed by atoms with van der Waals surface area (Å²) >= 11 is 0. The molecule has 0 radical (unpaired) electrons. The summed E-state index contributed by atoms with van der Waals surface area (Å²) in [6.45, 7) is -0.580. The van der Waals surface area contributed by atoms with Crippen LogP contribution in [0.4, 0.5) is 13.2 Å². The van der Waals surface area contributed by atoms with Crippen molar-refractivity contribution in [2.45, 2.75) is 30.8 Å². The molecule has 0 bridgehead atoms. The molecule has 21 heavy (non-hydrogen) atoms. The minimum Gasteiger partial charge on any atom is -0.396 e. The molecule has 1 aliphatic carbocycles. The Morgan fingerprint density at radius 3 is 2.43 bits per heavy atom. The zero-order valence-corrected chi connectivity index (χ0v) is 10.5. The van der Waals surface area contributed by atoms with Crippen LogP contribution in [0.3, 0.4) is 0 Å². The van der Waals surface area contributed by atoms with Gasteiger partial charge in [-0.25, -0.2) is 4.79 Å². The van der Waals surface area contributed by atoms with Crippen molar-refractivity contribution in [3.8, 4) is 0 Å². The van der Waals surface area contributed by atoms with Crippen LogP contribution in [-0.4, -0.2) is 43.7 Å². The van der Waals surface area contributed by atoms with E-state index in [9.17, 15) is 33.0 Å². The number of nitrogens with one attached hydrogen (secondary N) is 1. The van der Waals surface area contributed by atoms with Gasteiger partial charge in [-0.3, -0.25) is 14.3 Å². The standard InChI is InChI=1S/C11H13F3N2O5/c12-11(13,14)5-2-16(10(21)15-9(5)20)6-1-7(18)4(3-17)8(6)19/h2,4,6-8,17-19H,1,3H2,(H,15,20,21). The third-order valence-corrected chi connectivity index (χ3v) is 3.65. The van der Waals surface area contributed by atoms with Crippen molar-refractivity contribution in [1.82, 2.24) is 9.55 Å². The number of hydrogen-bond acceptors (Lipinski definition) is 5. The molecule has 10 heteroatoms. The summed E-state index contributed by atoms with van der Waals surface area (Å²) in [6, 6.07) is -1.16. The molecule has 2 rings (SSSR count). The minimum atomic E-state index is -4.96. The van der Waals surface area contributed by atoms with Crippen molar-refractivity contribution in [3.63, 3.8) is 0 Å². The molecule has 4 atom stereocenters. The highest BCUT2D eigenvalue weighted by molar-refractivity contribution is 5.10. The van der Waals surface area contributed by atoms with Crippen LogP contribution in [-0.2, 0) is 6.18 Å². The second-order valence-electron chi connectivity index (χ2n) is 4.91. The van der Waals surface area contributed by atoms with Gasteiger partial charge in [0.1, 0.15) is 5.56 Å². The summed E-state index contributed by atoms with van der Waals surface area (Å²) in [7, 11) is 0. The van der Waals surface area contributed by atoms with E-state index in [1.54, 1.807) is 0 Å². The molecule has 0 aromatic carbocycles. The van der Waals surface area contributed by atoms with Crippen molar-refractivity contribution >= 4 is 0 Å². The van der Waals surface area contributed by atoms with E-state index in [4.69, 9.17) is 5.11 Å². The van der Waals surface area contributed by atoms with Crippen LogP contribution in [0.5, 0.6) is 0 Å². The highest BCUT2D eigenvalue weighted by Crippen LogP contribution is 2.35.